The van der Waals surface area contributed by atoms with Gasteiger partial charge in [0.05, 0.1) is 64.5 Å². The maximum atomic E-state index is 13.1. The van der Waals surface area contributed by atoms with E-state index in [2.05, 4.69) is 4.52 Å². The zero-order chi connectivity index (χ0) is 80.6. The molecule has 632 valence electrons. The first-order valence-corrected chi connectivity index (χ1v) is 37.1. The molecule has 32 N–H and O–H groups in total. The van der Waals surface area contributed by atoms with Crippen LogP contribution in [-0.4, -0.2) is 461 Å². The number of hydrogen-bond acceptors (Lipinski definition) is 46. The molecule has 8 heterocycles. The molecule has 0 bridgehead atoms. The number of hydrogen-bond donors (Lipinski definition) is 31. The highest BCUT2D eigenvalue weighted by molar-refractivity contribution is 7.46. The van der Waals surface area contributed by atoms with E-state index < -0.39 is 339 Å². The predicted octanol–water partition coefficient (Wildman–Crippen LogP) is -18.5. The number of aliphatic carboxylic acids is 1. The second-order valence-corrected chi connectivity index (χ2v) is 29.8. The third kappa shape index (κ3) is 21.1. The van der Waals surface area contributed by atoms with Crippen LogP contribution in [0.1, 0.15) is 13.3 Å². The lowest BCUT2D eigenvalue weighted by Crippen LogP contribution is -2.71. The van der Waals surface area contributed by atoms with Gasteiger partial charge >= 0.3 is 29.4 Å². The van der Waals surface area contributed by atoms with Gasteiger partial charge in [0.1, 0.15) is 189 Å². The Bertz CT molecular complexity index is 2980. The van der Waals surface area contributed by atoms with Gasteiger partial charge in [0.25, 0.3) is 5.79 Å². The smallest absolute Gasteiger partial charge is 0.470 e. The summed E-state index contributed by atoms with van der Waals surface area (Å²) in [5, 5.41) is 261. The lowest BCUT2D eigenvalue weighted by atomic mass is 9.91. The minimum absolute atomic E-state index is 0.936. The lowest BCUT2D eigenvalue weighted by molar-refractivity contribution is -0.398. The molecule has 53 nitrogen and oxygen atoms in total. The van der Waals surface area contributed by atoms with Crippen LogP contribution in [0.2, 0.25) is 0 Å². The Morgan fingerprint density at radius 3 is 1.33 bits per heavy atom. The molecule has 0 amide bonds. The second-order valence-electron chi connectivity index (χ2n) is 26.2. The normalized spacial score (nSPS) is 47.6. The Morgan fingerprint density at radius 1 is 0.426 bits per heavy atom. The van der Waals surface area contributed by atoms with Gasteiger partial charge in [0.2, 0.25) is 0 Å². The molecule has 0 aliphatic carbocycles. The van der Waals surface area contributed by atoms with Crippen molar-refractivity contribution in [3.8, 4) is 0 Å². The SMILES string of the molecule is C[C@@H]1O[C@@H](OC[C@H]2O[C@H](O[C@@H]3[C@H](O[C@@H]4O[C@H](CO[C@H]5O[C@H](CO)[C@@H](O)[C@H](O)[C@H]5O)[C@@H](O)[C@H](O)[C@H]4O)[C@@H](N)[C@@H](O[C@@H]4[C@H](O)[C@@H](O[C@H]5[C@H](OP(=O)(O)O)[C@@H]([C@H](CO)OP(=O)(O)O)O[C@H](O[C@H]6[C@@H]([C@H](O)CO)O[C@@](O)(C(=O)O)C[C@H]6O)[C@H]5OP(=O)(O)O)O[C@H]([C@@H](O)CO)[C@H]4O)O[C@@H]3CO)[C@H](O)[C@@H](O)[C@@H]2O)[C@H](O)[C@H](O)[C@H]1O. The summed E-state index contributed by atoms with van der Waals surface area (Å²) in [5.41, 5.74) is 6.82. The second kappa shape index (κ2) is 37.7. The van der Waals surface area contributed by atoms with Gasteiger partial charge in [-0.3, -0.25) is 13.6 Å². The van der Waals surface area contributed by atoms with E-state index in [0.29, 0.717) is 0 Å². The fourth-order valence-corrected chi connectivity index (χ4v) is 14.5. The van der Waals surface area contributed by atoms with Gasteiger partial charge in [0.15, 0.2) is 44.0 Å². The number of carbonyl (C=O) groups is 1. The molecule has 42 atom stereocenters. The highest BCUT2D eigenvalue weighted by Gasteiger charge is 2.63. The minimum Gasteiger partial charge on any atom is -0.477 e. The topological polar surface area (TPSA) is 867 Å². The Labute approximate surface area is 605 Å². The van der Waals surface area contributed by atoms with Gasteiger partial charge in [-0.2, -0.15) is 0 Å². The highest BCUT2D eigenvalue weighted by atomic mass is 31.2. The first kappa shape index (κ1) is 91.8. The van der Waals surface area contributed by atoms with E-state index in [0.717, 1.165) is 0 Å². The summed E-state index contributed by atoms with van der Waals surface area (Å²) in [7, 11) is -18.7. The number of aliphatic hydroxyl groups excluding tert-OH is 22. The highest BCUT2D eigenvalue weighted by Crippen LogP contribution is 2.51. The number of phosphoric acid groups is 3. The molecule has 0 saturated carbocycles. The molecule has 8 saturated heterocycles. The minimum atomic E-state index is -6.36. The standard InChI is InChI=1S/C52H92NO52P3/c1-10-20(62)24(66)28(70)45(90-10)88-8-17-22(64)26(68)30(72)47(93-17)97-37-15(6-57)92-44(19(53)39(37)99-48-31(73)27(69)23(65)18(94-48)9-89-46-29(71)25(67)21(63)14(5-56)91-46)100-40-32(74)34(12(60)3-54)95-49(33(40)75)101-41-42(104-107(82,83)84)38(16(7-58)103-106(79,80)81)98-50(43(41)105-108(85,86)87)96-35-11(59)2-52(78,51(76)77)102-36(35)13(61)4-55/h10-50,54-75,78H,2-9,53H2,1H3,(H,76,77)(H2,79,80,81)(H2,82,83,84)(H2,85,86,87)/t10-,11+,12-,13+,14+,15+,16-,17+,18+,19+,20-,21+,22+,23+,24+,25-,26-,27-,28+,29+,30+,31+,32+,33-,34+,35+,36+,37-,38+,39+,40-,41-,42+,43-,44+,45+,46-,47+,48-,49+,50-,52+/m0/s1. The summed E-state index contributed by atoms with van der Waals surface area (Å²) in [6.07, 6.45) is -95.9. The molecule has 0 aromatic rings. The summed E-state index contributed by atoms with van der Waals surface area (Å²) >= 11 is 0. The number of rotatable bonds is 31. The number of carboxylic acid groups (broad SMARTS) is 1. The van der Waals surface area contributed by atoms with Crippen LogP contribution < -0.4 is 5.73 Å². The van der Waals surface area contributed by atoms with Crippen LogP contribution in [-0.2, 0) is 103 Å². The van der Waals surface area contributed by atoms with E-state index in [4.69, 9.17) is 85.8 Å². The van der Waals surface area contributed by atoms with Crippen LogP contribution in [0.25, 0.3) is 0 Å². The average Bonchev–Trinajstić information content (AvgIpc) is 0.750. The maximum absolute atomic E-state index is 13.1. The van der Waals surface area contributed by atoms with Gasteiger partial charge in [-0.05, 0) is 6.92 Å². The Kier molecular flexibility index (Phi) is 32.0. The Morgan fingerprint density at radius 2 is 0.843 bits per heavy atom. The molecular formula is C52H92NO52P3. The zero-order valence-corrected chi connectivity index (χ0v) is 58.3. The molecule has 56 heteroatoms. The average molecular weight is 1660 g/mol. The summed E-state index contributed by atoms with van der Waals surface area (Å²) in [6, 6.07) is -2.33. The largest absolute Gasteiger partial charge is 0.477 e. The van der Waals surface area contributed by atoms with Crippen molar-refractivity contribution in [3.05, 3.63) is 0 Å². The third-order valence-corrected chi connectivity index (χ3v) is 20.2. The van der Waals surface area contributed by atoms with Crippen LogP contribution in [0.15, 0.2) is 0 Å². The van der Waals surface area contributed by atoms with E-state index in [1.54, 1.807) is 0 Å². The fourth-order valence-electron chi connectivity index (χ4n) is 12.9. The molecule has 0 aromatic heterocycles. The van der Waals surface area contributed by atoms with E-state index in [-0.39, 0.29) is 0 Å². The van der Waals surface area contributed by atoms with E-state index in [9.17, 15) is 170 Å². The summed E-state index contributed by atoms with van der Waals surface area (Å²) < 4.78 is 138. The van der Waals surface area contributed by atoms with E-state index in [1.807, 2.05) is 0 Å². The van der Waals surface area contributed by atoms with Crippen LogP contribution in [0, 0.1) is 0 Å². The van der Waals surface area contributed by atoms with Crippen LogP contribution in [0.5, 0.6) is 0 Å². The van der Waals surface area contributed by atoms with Crippen LogP contribution in [0.3, 0.4) is 0 Å². The van der Waals surface area contributed by atoms with Crippen molar-refractivity contribution in [2.75, 3.05) is 46.2 Å². The van der Waals surface area contributed by atoms with Crippen molar-refractivity contribution >= 4 is 29.4 Å². The van der Waals surface area contributed by atoms with Crippen molar-refractivity contribution in [2.24, 2.45) is 5.73 Å². The fraction of sp³-hybridized carbons (Fsp3) is 0.981. The van der Waals surface area contributed by atoms with Gasteiger partial charge < -0.3 is 229 Å². The molecular weight excluding hydrogens is 1560 g/mol. The van der Waals surface area contributed by atoms with Gasteiger partial charge in [-0.1, -0.05) is 0 Å². The Hall–Kier alpha value is -1.76. The van der Waals surface area contributed by atoms with Crippen molar-refractivity contribution in [3.63, 3.8) is 0 Å². The van der Waals surface area contributed by atoms with Crippen LogP contribution in [0.4, 0.5) is 0 Å². The van der Waals surface area contributed by atoms with Gasteiger partial charge in [-0.15, -0.1) is 0 Å². The predicted molar refractivity (Wildman–Crippen MR) is 321 cm³/mol. The quantitative estimate of drug-likeness (QED) is 0.0287. The maximum Gasteiger partial charge on any atom is 0.470 e. The number of carboxylic acids is 1. The molecule has 8 aliphatic rings. The van der Waals surface area contributed by atoms with E-state index >= 15 is 0 Å². The van der Waals surface area contributed by atoms with Crippen molar-refractivity contribution in [1.82, 2.24) is 0 Å². The van der Waals surface area contributed by atoms with E-state index in [1.165, 1.54) is 6.92 Å². The summed E-state index contributed by atoms with van der Waals surface area (Å²) in [4.78, 5) is 73.7. The number of phosphoric ester groups is 3. The van der Waals surface area contributed by atoms with Crippen molar-refractivity contribution < 1.29 is 255 Å². The van der Waals surface area contributed by atoms with Gasteiger partial charge in [0, 0.05) is 6.42 Å². The number of aliphatic hydroxyl groups is 23. The number of ether oxygens (including phenoxy) is 15. The summed E-state index contributed by atoms with van der Waals surface area (Å²) in [6.45, 7) is -7.80. The first-order valence-electron chi connectivity index (χ1n) is 32.6. The monoisotopic (exact) mass is 1660 g/mol. The molecule has 0 radical (unpaired) electrons. The van der Waals surface area contributed by atoms with Crippen molar-refractivity contribution in [2.45, 2.75) is 271 Å². The van der Waals surface area contributed by atoms with Gasteiger partial charge in [-0.25, -0.2) is 18.5 Å². The summed E-state index contributed by atoms with van der Waals surface area (Å²) in [5.74, 6) is -5.73. The zero-order valence-electron chi connectivity index (χ0n) is 55.6. The van der Waals surface area contributed by atoms with Crippen molar-refractivity contribution in [1.29, 1.82) is 0 Å². The molecule has 0 aromatic carbocycles. The molecule has 8 rings (SSSR count). The first-order chi connectivity index (χ1) is 50.2. The molecule has 0 unspecified atom stereocenters. The van der Waals surface area contributed by atoms with Crippen LogP contribution >= 0.6 is 23.5 Å². The molecule has 8 aliphatic heterocycles. The molecule has 108 heavy (non-hydrogen) atoms. The molecule has 0 spiro atoms. The third-order valence-electron chi connectivity index (χ3n) is 18.6. The number of nitrogens with two attached hydrogens (primary N) is 1. The lowest BCUT2D eigenvalue weighted by Gasteiger charge is -2.52. The Balaban J connectivity index is 1.18. The molecule has 8 fully saturated rings.